The third kappa shape index (κ3) is 2.07. The van der Waals surface area contributed by atoms with E-state index in [-0.39, 0.29) is 17.9 Å². The van der Waals surface area contributed by atoms with Crippen LogP contribution in [0, 0.1) is 11.8 Å². The fourth-order valence-corrected chi connectivity index (χ4v) is 4.33. The SMILES string of the molecule is O=C1[C@H]2[C@@H]3C=C[C@@](CNc4ccccc4)(O3)[C@@H]2C(=O)N1c1ccccc1. The van der Waals surface area contributed by atoms with Crippen LogP contribution in [-0.2, 0) is 14.3 Å². The Morgan fingerprint density at radius 3 is 2.38 bits per heavy atom. The van der Waals surface area contributed by atoms with Gasteiger partial charge >= 0.3 is 0 Å². The number of imide groups is 1. The minimum Gasteiger partial charge on any atom is -0.382 e. The molecule has 26 heavy (non-hydrogen) atoms. The summed E-state index contributed by atoms with van der Waals surface area (Å²) in [5, 5.41) is 3.35. The van der Waals surface area contributed by atoms with Gasteiger partial charge in [-0.3, -0.25) is 9.59 Å². The van der Waals surface area contributed by atoms with Crippen LogP contribution in [0.25, 0.3) is 0 Å². The lowest BCUT2D eigenvalue weighted by atomic mass is 9.77. The molecule has 2 bridgehead atoms. The molecule has 0 radical (unpaired) electrons. The Bertz CT molecular complexity index is 896. The average molecular weight is 346 g/mol. The van der Waals surface area contributed by atoms with Crippen molar-refractivity contribution < 1.29 is 14.3 Å². The van der Waals surface area contributed by atoms with Crippen LogP contribution in [0.4, 0.5) is 11.4 Å². The first-order chi connectivity index (χ1) is 12.7. The third-order valence-corrected chi connectivity index (χ3v) is 5.51. The van der Waals surface area contributed by atoms with Gasteiger partial charge in [0, 0.05) is 12.2 Å². The first-order valence-electron chi connectivity index (χ1n) is 8.79. The maximum atomic E-state index is 13.2. The number of para-hydroxylation sites is 2. The second-order valence-electron chi connectivity index (χ2n) is 6.97. The molecule has 2 aromatic rings. The molecule has 130 valence electrons. The van der Waals surface area contributed by atoms with Crippen LogP contribution in [0.3, 0.4) is 0 Å². The second kappa shape index (κ2) is 5.54. The van der Waals surface area contributed by atoms with E-state index in [2.05, 4.69) is 5.32 Å². The van der Waals surface area contributed by atoms with E-state index >= 15 is 0 Å². The van der Waals surface area contributed by atoms with E-state index in [1.54, 1.807) is 12.1 Å². The molecule has 0 saturated carbocycles. The number of carbonyl (C=O) groups is 2. The van der Waals surface area contributed by atoms with E-state index in [1.807, 2.05) is 60.7 Å². The van der Waals surface area contributed by atoms with Gasteiger partial charge < -0.3 is 10.1 Å². The topological polar surface area (TPSA) is 58.6 Å². The Morgan fingerprint density at radius 1 is 0.962 bits per heavy atom. The number of rotatable bonds is 4. The number of amides is 2. The van der Waals surface area contributed by atoms with Crippen molar-refractivity contribution in [2.75, 3.05) is 16.8 Å². The highest BCUT2D eigenvalue weighted by atomic mass is 16.5. The molecule has 0 spiro atoms. The maximum Gasteiger partial charge on any atom is 0.241 e. The van der Waals surface area contributed by atoms with Crippen molar-refractivity contribution in [1.29, 1.82) is 0 Å². The average Bonchev–Trinajstić information content (AvgIpc) is 3.32. The Hall–Kier alpha value is -2.92. The lowest BCUT2D eigenvalue weighted by Gasteiger charge is -2.29. The summed E-state index contributed by atoms with van der Waals surface area (Å²) in [6.07, 6.45) is 3.55. The first kappa shape index (κ1) is 15.3. The molecule has 4 atom stereocenters. The quantitative estimate of drug-likeness (QED) is 0.683. The highest BCUT2D eigenvalue weighted by molar-refractivity contribution is 6.23. The predicted molar refractivity (Wildman–Crippen MR) is 97.6 cm³/mol. The van der Waals surface area contributed by atoms with Gasteiger partial charge in [0.05, 0.1) is 23.6 Å². The fraction of sp³-hybridized carbons (Fsp3) is 0.238. The van der Waals surface area contributed by atoms with Gasteiger partial charge in [-0.25, -0.2) is 4.90 Å². The summed E-state index contributed by atoms with van der Waals surface area (Å²) in [6, 6.07) is 18.9. The molecule has 5 heteroatoms. The molecule has 5 rings (SSSR count). The smallest absolute Gasteiger partial charge is 0.241 e. The van der Waals surface area contributed by atoms with Crippen molar-refractivity contribution in [2.24, 2.45) is 11.8 Å². The number of hydrogen-bond donors (Lipinski definition) is 1. The monoisotopic (exact) mass is 346 g/mol. The number of nitrogens with zero attached hydrogens (tertiary/aromatic N) is 1. The maximum absolute atomic E-state index is 13.2. The van der Waals surface area contributed by atoms with E-state index < -0.39 is 17.4 Å². The molecule has 0 unspecified atom stereocenters. The van der Waals surface area contributed by atoms with Crippen molar-refractivity contribution >= 4 is 23.2 Å². The largest absolute Gasteiger partial charge is 0.382 e. The molecular formula is C21H18N2O3. The van der Waals surface area contributed by atoms with Gasteiger partial charge in [-0.05, 0) is 24.3 Å². The third-order valence-electron chi connectivity index (χ3n) is 5.51. The number of benzene rings is 2. The number of nitrogens with one attached hydrogen (secondary N) is 1. The molecule has 1 N–H and O–H groups in total. The zero-order valence-electron chi connectivity index (χ0n) is 14.0. The fourth-order valence-electron chi connectivity index (χ4n) is 4.33. The van der Waals surface area contributed by atoms with Gasteiger partial charge in [0.15, 0.2) is 0 Å². The van der Waals surface area contributed by atoms with Crippen molar-refractivity contribution in [3.05, 3.63) is 72.8 Å². The molecule has 2 aromatic carbocycles. The van der Waals surface area contributed by atoms with Crippen molar-refractivity contribution in [1.82, 2.24) is 0 Å². The van der Waals surface area contributed by atoms with Gasteiger partial charge in [-0.15, -0.1) is 0 Å². The lowest BCUT2D eigenvalue weighted by Crippen LogP contribution is -2.45. The number of hydrogen-bond acceptors (Lipinski definition) is 4. The van der Waals surface area contributed by atoms with Gasteiger partial charge in [-0.1, -0.05) is 48.6 Å². The number of fused-ring (bicyclic) bond motifs is 5. The van der Waals surface area contributed by atoms with Gasteiger partial charge in [0.25, 0.3) is 0 Å². The first-order valence-corrected chi connectivity index (χ1v) is 8.79. The van der Waals surface area contributed by atoms with Gasteiger partial charge in [0.1, 0.15) is 5.60 Å². The molecule has 5 nitrogen and oxygen atoms in total. The number of carbonyl (C=O) groups excluding carboxylic acids is 2. The molecule has 2 amide bonds. The van der Waals surface area contributed by atoms with E-state index in [0.29, 0.717) is 12.2 Å². The van der Waals surface area contributed by atoms with Crippen LogP contribution < -0.4 is 10.2 Å². The Labute approximate surface area is 151 Å². The van der Waals surface area contributed by atoms with Gasteiger partial charge in [0.2, 0.25) is 11.8 Å². The molecule has 2 saturated heterocycles. The van der Waals surface area contributed by atoms with Crippen LogP contribution in [-0.4, -0.2) is 30.1 Å². The van der Waals surface area contributed by atoms with Crippen molar-refractivity contribution in [3.8, 4) is 0 Å². The summed E-state index contributed by atoms with van der Waals surface area (Å²) in [7, 11) is 0. The summed E-state index contributed by atoms with van der Waals surface area (Å²) < 4.78 is 6.13. The second-order valence-corrected chi connectivity index (χ2v) is 6.97. The molecule has 0 aliphatic carbocycles. The summed E-state index contributed by atoms with van der Waals surface area (Å²) in [6.45, 7) is 0.451. The zero-order chi connectivity index (χ0) is 17.7. The molecule has 3 aliphatic heterocycles. The highest BCUT2D eigenvalue weighted by Crippen LogP contribution is 2.52. The summed E-state index contributed by atoms with van der Waals surface area (Å²) in [5.74, 6) is -1.26. The Morgan fingerprint density at radius 2 is 1.65 bits per heavy atom. The highest BCUT2D eigenvalue weighted by Gasteiger charge is 2.67. The molecule has 2 fully saturated rings. The van der Waals surface area contributed by atoms with Crippen molar-refractivity contribution in [2.45, 2.75) is 11.7 Å². The molecule has 3 heterocycles. The van der Waals surface area contributed by atoms with Crippen LogP contribution in [0.2, 0.25) is 0 Å². The minimum absolute atomic E-state index is 0.165. The standard InChI is InChI=1S/C21H18N2O3/c24-19-17-16-11-12-21(26-16,13-22-14-7-3-1-4-8-14)18(17)20(25)23(19)15-9-5-2-6-10-15/h1-12,16-18,22H,13H2/t16-,17-,18-,21-/m0/s1. The molecular weight excluding hydrogens is 328 g/mol. The number of ether oxygens (including phenoxy) is 1. The summed E-state index contributed by atoms with van der Waals surface area (Å²) >= 11 is 0. The lowest BCUT2D eigenvalue weighted by molar-refractivity contribution is -0.126. The van der Waals surface area contributed by atoms with Crippen LogP contribution >= 0.6 is 0 Å². The Balaban J connectivity index is 1.46. The zero-order valence-corrected chi connectivity index (χ0v) is 14.0. The summed E-state index contributed by atoms with van der Waals surface area (Å²) in [5.41, 5.74) is 0.812. The van der Waals surface area contributed by atoms with E-state index in [4.69, 9.17) is 4.74 Å². The molecule has 3 aliphatic rings. The van der Waals surface area contributed by atoms with E-state index in [0.717, 1.165) is 5.69 Å². The van der Waals surface area contributed by atoms with Crippen molar-refractivity contribution in [3.63, 3.8) is 0 Å². The van der Waals surface area contributed by atoms with E-state index in [1.165, 1.54) is 4.90 Å². The van der Waals surface area contributed by atoms with Crippen LogP contribution in [0.1, 0.15) is 0 Å². The van der Waals surface area contributed by atoms with Crippen LogP contribution in [0.15, 0.2) is 72.8 Å². The van der Waals surface area contributed by atoms with Crippen LogP contribution in [0.5, 0.6) is 0 Å². The number of anilines is 2. The molecule has 0 aromatic heterocycles. The minimum atomic E-state index is -0.776. The predicted octanol–water partition coefficient (Wildman–Crippen LogP) is 2.61. The summed E-state index contributed by atoms with van der Waals surface area (Å²) in [4.78, 5) is 27.5. The van der Waals surface area contributed by atoms with E-state index in [9.17, 15) is 9.59 Å². The normalized spacial score (nSPS) is 31.5. The Kier molecular flexibility index (Phi) is 3.27. The van der Waals surface area contributed by atoms with Gasteiger partial charge in [-0.2, -0.15) is 0 Å².